The number of aryl methyl sites for hydroxylation is 1. The second kappa shape index (κ2) is 7.77. The number of benzene rings is 2. The van der Waals surface area contributed by atoms with Gasteiger partial charge in [-0.2, -0.15) is 5.26 Å². The number of imidazole rings is 1. The molecule has 28 heavy (non-hydrogen) atoms. The van der Waals surface area contributed by atoms with Crippen LogP contribution in [0.3, 0.4) is 0 Å². The van der Waals surface area contributed by atoms with Gasteiger partial charge in [0.2, 0.25) is 0 Å². The number of aromatic nitrogens is 2. The number of nitrogens with zero attached hydrogens (tertiary/aromatic N) is 3. The second-order valence-electron chi connectivity index (χ2n) is 7.26. The van der Waals surface area contributed by atoms with Crippen molar-refractivity contribution in [1.82, 2.24) is 9.55 Å². The number of rotatable bonds is 7. The normalized spacial score (nSPS) is 14.3. The predicted octanol–water partition coefficient (Wildman–Crippen LogP) is 4.78. The molecule has 0 amide bonds. The molecule has 1 saturated carbocycles. The van der Waals surface area contributed by atoms with Crippen molar-refractivity contribution < 1.29 is 9.47 Å². The fourth-order valence-electron chi connectivity index (χ4n) is 3.22. The quantitative estimate of drug-likeness (QED) is 0.598. The molecule has 5 nitrogen and oxygen atoms in total. The van der Waals surface area contributed by atoms with Crippen LogP contribution >= 0.6 is 0 Å². The Morgan fingerprint density at radius 3 is 2.86 bits per heavy atom. The smallest absolute Gasteiger partial charge is 0.130 e. The van der Waals surface area contributed by atoms with Crippen LogP contribution in [0.25, 0.3) is 5.69 Å². The third kappa shape index (κ3) is 4.01. The standard InChI is InChI=1S/C23H23N3O2/c1-16-12-18(14-24)6-9-22(16)28-17(2)15-27-21-5-3-4-20(13-21)26-11-10-25-23(26)19-7-8-19/h3-6,9-13,17,19H,7-8,15H2,1-2H3. The lowest BCUT2D eigenvalue weighted by Gasteiger charge is -2.17. The molecule has 1 heterocycles. The first-order chi connectivity index (χ1) is 13.6. The van der Waals surface area contributed by atoms with Crippen molar-refractivity contribution in [3.63, 3.8) is 0 Å². The monoisotopic (exact) mass is 373 g/mol. The summed E-state index contributed by atoms with van der Waals surface area (Å²) in [6.07, 6.45) is 6.18. The molecule has 1 aliphatic rings. The first-order valence-corrected chi connectivity index (χ1v) is 9.58. The zero-order valence-corrected chi connectivity index (χ0v) is 16.1. The Morgan fingerprint density at radius 2 is 2.11 bits per heavy atom. The van der Waals surface area contributed by atoms with Gasteiger partial charge in [-0.05, 0) is 62.6 Å². The lowest BCUT2D eigenvalue weighted by Crippen LogP contribution is -2.21. The molecule has 2 aromatic carbocycles. The average Bonchev–Trinajstić information content (AvgIpc) is 3.44. The summed E-state index contributed by atoms with van der Waals surface area (Å²) in [5.41, 5.74) is 2.64. The maximum absolute atomic E-state index is 8.97. The molecule has 0 bridgehead atoms. The van der Waals surface area contributed by atoms with Crippen molar-refractivity contribution in [2.45, 2.75) is 38.7 Å². The Balaban J connectivity index is 1.40. The Labute approximate surface area is 165 Å². The van der Waals surface area contributed by atoms with Gasteiger partial charge in [-0.15, -0.1) is 0 Å². The minimum absolute atomic E-state index is 0.120. The summed E-state index contributed by atoms with van der Waals surface area (Å²) in [5.74, 6) is 3.30. The Kier molecular flexibility index (Phi) is 5.03. The Morgan fingerprint density at radius 1 is 1.25 bits per heavy atom. The van der Waals surface area contributed by atoms with E-state index in [4.69, 9.17) is 14.7 Å². The summed E-state index contributed by atoms with van der Waals surface area (Å²) in [4.78, 5) is 4.51. The zero-order chi connectivity index (χ0) is 19.5. The van der Waals surface area contributed by atoms with Gasteiger partial charge in [0.1, 0.15) is 30.0 Å². The molecule has 0 N–H and O–H groups in total. The summed E-state index contributed by atoms with van der Waals surface area (Å²) in [5, 5.41) is 8.97. The van der Waals surface area contributed by atoms with Crippen LogP contribution in [0.2, 0.25) is 0 Å². The summed E-state index contributed by atoms with van der Waals surface area (Å²) in [6.45, 7) is 4.35. The third-order valence-electron chi connectivity index (χ3n) is 4.82. The van der Waals surface area contributed by atoms with Crippen molar-refractivity contribution in [2.75, 3.05) is 6.61 Å². The predicted molar refractivity (Wildman–Crippen MR) is 107 cm³/mol. The first kappa shape index (κ1) is 18.1. The molecular weight excluding hydrogens is 350 g/mol. The van der Waals surface area contributed by atoms with Crippen molar-refractivity contribution in [3.05, 3.63) is 71.8 Å². The van der Waals surface area contributed by atoms with Crippen LogP contribution in [0.5, 0.6) is 11.5 Å². The average molecular weight is 373 g/mol. The number of hydrogen-bond acceptors (Lipinski definition) is 4. The topological polar surface area (TPSA) is 60.1 Å². The van der Waals surface area contributed by atoms with Crippen molar-refractivity contribution in [3.8, 4) is 23.3 Å². The lowest BCUT2D eigenvalue weighted by atomic mass is 10.1. The van der Waals surface area contributed by atoms with Gasteiger partial charge in [0.15, 0.2) is 0 Å². The lowest BCUT2D eigenvalue weighted by molar-refractivity contribution is 0.142. The largest absolute Gasteiger partial charge is 0.490 e. The van der Waals surface area contributed by atoms with Gasteiger partial charge in [-0.3, -0.25) is 0 Å². The second-order valence-corrected chi connectivity index (χ2v) is 7.26. The molecule has 1 atom stereocenters. The molecule has 5 heteroatoms. The van der Waals surface area contributed by atoms with Crippen LogP contribution in [0.1, 0.15) is 42.6 Å². The zero-order valence-electron chi connectivity index (χ0n) is 16.1. The fourth-order valence-corrected chi connectivity index (χ4v) is 3.22. The molecule has 0 aliphatic heterocycles. The molecule has 1 aliphatic carbocycles. The molecule has 142 valence electrons. The molecule has 1 fully saturated rings. The molecule has 0 saturated heterocycles. The molecule has 1 aromatic heterocycles. The number of nitriles is 1. The van der Waals surface area contributed by atoms with Gasteiger partial charge < -0.3 is 14.0 Å². The van der Waals surface area contributed by atoms with Crippen LogP contribution in [0, 0.1) is 18.3 Å². The van der Waals surface area contributed by atoms with Crippen LogP contribution in [-0.4, -0.2) is 22.3 Å². The van der Waals surface area contributed by atoms with E-state index in [1.807, 2.05) is 56.6 Å². The van der Waals surface area contributed by atoms with Crippen LogP contribution in [0.15, 0.2) is 54.9 Å². The highest BCUT2D eigenvalue weighted by Crippen LogP contribution is 2.40. The van der Waals surface area contributed by atoms with E-state index in [9.17, 15) is 0 Å². The molecule has 1 unspecified atom stereocenters. The van der Waals surface area contributed by atoms with E-state index < -0.39 is 0 Å². The van der Waals surface area contributed by atoms with Crippen molar-refractivity contribution in [2.24, 2.45) is 0 Å². The maximum atomic E-state index is 8.97. The highest BCUT2D eigenvalue weighted by molar-refractivity contribution is 5.42. The number of ether oxygens (including phenoxy) is 2. The van der Waals surface area contributed by atoms with Gasteiger partial charge in [0, 0.05) is 24.4 Å². The maximum Gasteiger partial charge on any atom is 0.130 e. The van der Waals surface area contributed by atoms with E-state index in [0.29, 0.717) is 18.1 Å². The van der Waals surface area contributed by atoms with Gasteiger partial charge in [0.05, 0.1) is 17.3 Å². The fraction of sp³-hybridized carbons (Fsp3) is 0.304. The Bertz CT molecular complexity index is 1010. The van der Waals surface area contributed by atoms with Crippen LogP contribution < -0.4 is 9.47 Å². The van der Waals surface area contributed by atoms with E-state index in [0.717, 1.165) is 28.6 Å². The van der Waals surface area contributed by atoms with E-state index in [2.05, 4.69) is 21.7 Å². The minimum Gasteiger partial charge on any atom is -0.490 e. The van der Waals surface area contributed by atoms with Crippen molar-refractivity contribution in [1.29, 1.82) is 5.26 Å². The van der Waals surface area contributed by atoms with Gasteiger partial charge in [-0.1, -0.05) is 6.07 Å². The SMILES string of the molecule is Cc1cc(C#N)ccc1OC(C)COc1cccc(-n2ccnc2C2CC2)c1. The summed E-state index contributed by atoms with van der Waals surface area (Å²) < 4.78 is 14.1. The molecule has 4 rings (SSSR count). The minimum atomic E-state index is -0.120. The van der Waals surface area contributed by atoms with Gasteiger partial charge >= 0.3 is 0 Å². The van der Waals surface area contributed by atoms with E-state index in [-0.39, 0.29) is 6.10 Å². The third-order valence-corrected chi connectivity index (χ3v) is 4.82. The number of hydrogen-bond donors (Lipinski definition) is 0. The highest BCUT2D eigenvalue weighted by atomic mass is 16.5. The molecule has 0 spiro atoms. The summed E-state index contributed by atoms with van der Waals surface area (Å²) >= 11 is 0. The summed E-state index contributed by atoms with van der Waals surface area (Å²) in [7, 11) is 0. The summed E-state index contributed by atoms with van der Waals surface area (Å²) in [6, 6.07) is 15.6. The molecule has 3 aromatic rings. The molecule has 0 radical (unpaired) electrons. The highest BCUT2D eigenvalue weighted by Gasteiger charge is 2.28. The van der Waals surface area contributed by atoms with Crippen LogP contribution in [-0.2, 0) is 0 Å². The first-order valence-electron chi connectivity index (χ1n) is 9.58. The van der Waals surface area contributed by atoms with E-state index in [1.54, 1.807) is 6.07 Å². The van der Waals surface area contributed by atoms with Crippen LogP contribution in [0.4, 0.5) is 0 Å². The van der Waals surface area contributed by atoms with E-state index in [1.165, 1.54) is 12.8 Å². The molecular formula is C23H23N3O2. The van der Waals surface area contributed by atoms with Gasteiger partial charge in [-0.25, -0.2) is 4.98 Å². The van der Waals surface area contributed by atoms with Crippen molar-refractivity contribution >= 4 is 0 Å². The van der Waals surface area contributed by atoms with Gasteiger partial charge in [0.25, 0.3) is 0 Å². The Hall–Kier alpha value is -3.26. The van der Waals surface area contributed by atoms with E-state index >= 15 is 0 Å².